The molecule has 2 atom stereocenters. The molecule has 2 rings (SSSR count). The first-order chi connectivity index (χ1) is 13.2. The van der Waals surface area contributed by atoms with Crippen molar-refractivity contribution in [1.82, 2.24) is 14.5 Å². The van der Waals surface area contributed by atoms with Crippen LogP contribution in [0.15, 0.2) is 30.6 Å². The quantitative estimate of drug-likeness (QED) is 0.367. The summed E-state index contributed by atoms with van der Waals surface area (Å²) in [4.78, 5) is 7.32. The third kappa shape index (κ3) is 6.95. The van der Waals surface area contributed by atoms with E-state index >= 15 is 0 Å². The predicted octanol–water partition coefficient (Wildman–Crippen LogP) is 6.73. The molecule has 0 amide bonds. The Morgan fingerprint density at radius 2 is 1.48 bits per heavy atom. The monoisotopic (exact) mass is 371 g/mol. The fourth-order valence-electron chi connectivity index (χ4n) is 4.09. The van der Waals surface area contributed by atoms with Gasteiger partial charge in [0.25, 0.3) is 0 Å². The van der Waals surface area contributed by atoms with Crippen molar-refractivity contribution >= 4 is 11.0 Å². The number of imidazole rings is 1. The van der Waals surface area contributed by atoms with Crippen molar-refractivity contribution in [2.45, 2.75) is 85.7 Å². The number of rotatable bonds is 14. The molecule has 0 aliphatic rings. The molecule has 0 saturated heterocycles. The summed E-state index contributed by atoms with van der Waals surface area (Å²) in [7, 11) is 0. The van der Waals surface area contributed by atoms with Gasteiger partial charge in [0.15, 0.2) is 0 Å². The van der Waals surface area contributed by atoms with Crippen LogP contribution in [-0.4, -0.2) is 27.5 Å². The van der Waals surface area contributed by atoms with Crippen molar-refractivity contribution in [3.05, 3.63) is 30.6 Å². The predicted molar refractivity (Wildman–Crippen MR) is 118 cm³/mol. The van der Waals surface area contributed by atoms with Crippen LogP contribution >= 0.6 is 0 Å². The van der Waals surface area contributed by atoms with Gasteiger partial charge < -0.3 is 4.57 Å². The number of nitrogens with zero attached hydrogens (tertiary/aromatic N) is 3. The van der Waals surface area contributed by atoms with Gasteiger partial charge in [0.05, 0.1) is 24.0 Å². The molecule has 0 radical (unpaired) electrons. The van der Waals surface area contributed by atoms with E-state index in [-0.39, 0.29) is 0 Å². The molecule has 0 bridgehead atoms. The summed E-state index contributed by atoms with van der Waals surface area (Å²) in [5, 5.41) is 0. The van der Waals surface area contributed by atoms with Gasteiger partial charge in [-0.05, 0) is 36.8 Å². The van der Waals surface area contributed by atoms with Crippen molar-refractivity contribution in [3.8, 4) is 0 Å². The SMILES string of the molecule is CCCCC(CC)CN(CC(CC)CCCC)Cn1cnc2ccccc21. The van der Waals surface area contributed by atoms with E-state index in [1.807, 2.05) is 6.33 Å². The molecule has 0 saturated carbocycles. The first kappa shape index (κ1) is 21.9. The average Bonchev–Trinajstić information content (AvgIpc) is 3.10. The molecule has 1 aromatic heterocycles. The Balaban J connectivity index is 2.11. The molecule has 152 valence electrons. The van der Waals surface area contributed by atoms with E-state index in [4.69, 9.17) is 0 Å². The van der Waals surface area contributed by atoms with Crippen LogP contribution in [-0.2, 0) is 6.67 Å². The smallest absolute Gasteiger partial charge is 0.0969 e. The first-order valence-corrected chi connectivity index (χ1v) is 11.3. The van der Waals surface area contributed by atoms with Gasteiger partial charge in [-0.3, -0.25) is 4.90 Å². The summed E-state index contributed by atoms with van der Waals surface area (Å²) in [6, 6.07) is 8.51. The van der Waals surface area contributed by atoms with Crippen LogP contribution < -0.4 is 0 Å². The van der Waals surface area contributed by atoms with Crippen molar-refractivity contribution in [3.63, 3.8) is 0 Å². The van der Waals surface area contributed by atoms with Crippen LogP contribution in [0, 0.1) is 11.8 Å². The summed E-state index contributed by atoms with van der Waals surface area (Å²) < 4.78 is 2.34. The van der Waals surface area contributed by atoms with Crippen molar-refractivity contribution in [2.75, 3.05) is 13.1 Å². The van der Waals surface area contributed by atoms with E-state index in [1.165, 1.54) is 70.0 Å². The highest BCUT2D eigenvalue weighted by molar-refractivity contribution is 5.74. The highest BCUT2D eigenvalue weighted by Crippen LogP contribution is 2.21. The summed E-state index contributed by atoms with van der Waals surface area (Å²) >= 11 is 0. The van der Waals surface area contributed by atoms with Crippen molar-refractivity contribution in [1.29, 1.82) is 0 Å². The number of benzene rings is 1. The zero-order valence-corrected chi connectivity index (χ0v) is 18.2. The summed E-state index contributed by atoms with van der Waals surface area (Å²) in [5.74, 6) is 1.62. The Labute approximate surface area is 167 Å². The van der Waals surface area contributed by atoms with Crippen molar-refractivity contribution < 1.29 is 0 Å². The van der Waals surface area contributed by atoms with Gasteiger partial charge in [-0.2, -0.15) is 0 Å². The van der Waals surface area contributed by atoms with Crippen LogP contribution in [0.5, 0.6) is 0 Å². The lowest BCUT2D eigenvalue weighted by molar-refractivity contribution is 0.146. The number of aromatic nitrogens is 2. The van der Waals surface area contributed by atoms with Gasteiger partial charge in [0, 0.05) is 13.1 Å². The maximum atomic E-state index is 4.61. The fourth-order valence-corrected chi connectivity index (χ4v) is 4.09. The maximum Gasteiger partial charge on any atom is 0.0969 e. The van der Waals surface area contributed by atoms with Gasteiger partial charge in [-0.25, -0.2) is 4.98 Å². The normalized spacial score (nSPS) is 14.1. The number of para-hydroxylation sites is 2. The van der Waals surface area contributed by atoms with E-state index in [0.29, 0.717) is 0 Å². The maximum absolute atomic E-state index is 4.61. The minimum absolute atomic E-state index is 0.809. The second-order valence-electron chi connectivity index (χ2n) is 8.21. The van der Waals surface area contributed by atoms with E-state index in [9.17, 15) is 0 Å². The third-order valence-electron chi connectivity index (χ3n) is 6.00. The molecule has 0 N–H and O–H groups in total. The van der Waals surface area contributed by atoms with E-state index in [1.54, 1.807) is 0 Å². The van der Waals surface area contributed by atoms with Crippen LogP contribution in [0.1, 0.15) is 79.1 Å². The van der Waals surface area contributed by atoms with E-state index in [0.717, 1.165) is 24.0 Å². The van der Waals surface area contributed by atoms with Crippen LogP contribution in [0.25, 0.3) is 11.0 Å². The molecule has 3 nitrogen and oxygen atoms in total. The van der Waals surface area contributed by atoms with Gasteiger partial charge >= 0.3 is 0 Å². The highest BCUT2D eigenvalue weighted by Gasteiger charge is 2.18. The van der Waals surface area contributed by atoms with Gasteiger partial charge in [-0.15, -0.1) is 0 Å². The van der Waals surface area contributed by atoms with E-state index < -0.39 is 0 Å². The van der Waals surface area contributed by atoms with Gasteiger partial charge in [-0.1, -0.05) is 78.4 Å². The molecule has 1 aromatic carbocycles. The number of hydrogen-bond donors (Lipinski definition) is 0. The van der Waals surface area contributed by atoms with Crippen molar-refractivity contribution in [2.24, 2.45) is 11.8 Å². The van der Waals surface area contributed by atoms with Crippen LogP contribution in [0.3, 0.4) is 0 Å². The zero-order chi connectivity index (χ0) is 19.5. The molecule has 0 aliphatic carbocycles. The average molecular weight is 372 g/mol. The lowest BCUT2D eigenvalue weighted by atomic mass is 9.96. The standard InChI is InChI=1S/C24H41N3/c1-5-9-13-21(7-3)17-26(18-22(8-4)14-10-6-2)20-27-19-25-23-15-11-12-16-24(23)27/h11-12,15-16,19,21-22H,5-10,13-14,17-18,20H2,1-4H3. The number of unbranched alkanes of at least 4 members (excludes halogenated alkanes) is 2. The Morgan fingerprint density at radius 1 is 0.889 bits per heavy atom. The Bertz CT molecular complexity index is 615. The Kier molecular flexibility index (Phi) is 9.90. The summed E-state index contributed by atoms with van der Waals surface area (Å²) in [6.45, 7) is 12.7. The molecule has 2 aromatic rings. The Hall–Kier alpha value is -1.35. The molecule has 3 heteroatoms. The van der Waals surface area contributed by atoms with E-state index in [2.05, 4.69) is 66.4 Å². The zero-order valence-electron chi connectivity index (χ0n) is 18.2. The van der Waals surface area contributed by atoms with Gasteiger partial charge in [0.2, 0.25) is 0 Å². The molecule has 0 spiro atoms. The third-order valence-corrected chi connectivity index (χ3v) is 6.00. The molecule has 0 aliphatic heterocycles. The highest BCUT2D eigenvalue weighted by atomic mass is 15.3. The van der Waals surface area contributed by atoms with Crippen LogP contribution in [0.2, 0.25) is 0 Å². The molecule has 0 fully saturated rings. The first-order valence-electron chi connectivity index (χ1n) is 11.3. The van der Waals surface area contributed by atoms with Crippen LogP contribution in [0.4, 0.5) is 0 Å². The topological polar surface area (TPSA) is 21.1 Å². The minimum Gasteiger partial charge on any atom is -0.317 e. The molecule has 1 heterocycles. The summed E-state index contributed by atoms with van der Waals surface area (Å²) in [6.07, 6.45) is 12.6. The minimum atomic E-state index is 0.809. The lowest BCUT2D eigenvalue weighted by Gasteiger charge is -2.31. The van der Waals surface area contributed by atoms with Gasteiger partial charge in [0.1, 0.15) is 0 Å². The second-order valence-corrected chi connectivity index (χ2v) is 8.21. The molecular formula is C24H41N3. The molecular weight excluding hydrogens is 330 g/mol. The second kappa shape index (κ2) is 12.2. The molecule has 27 heavy (non-hydrogen) atoms. The molecule has 2 unspecified atom stereocenters. The largest absolute Gasteiger partial charge is 0.317 e. The Morgan fingerprint density at radius 3 is 2.04 bits per heavy atom. The number of hydrogen-bond acceptors (Lipinski definition) is 2. The summed E-state index contributed by atoms with van der Waals surface area (Å²) in [5.41, 5.74) is 2.36. The lowest BCUT2D eigenvalue weighted by Crippen LogP contribution is -2.35. The fraction of sp³-hybridized carbons (Fsp3) is 0.708. The number of fused-ring (bicyclic) bond motifs is 1.